The van der Waals surface area contributed by atoms with Crippen LogP contribution in [-0.4, -0.2) is 34.8 Å². The zero-order chi connectivity index (χ0) is 20.4. The summed E-state index contributed by atoms with van der Waals surface area (Å²) in [6.45, 7) is -0.461. The number of hydrogen-bond acceptors (Lipinski definition) is 6. The maximum absolute atomic E-state index is 12.9. The van der Waals surface area contributed by atoms with E-state index in [0.29, 0.717) is 22.9 Å². The Kier molecular flexibility index (Phi) is 5.53. The molecule has 2 N–H and O–H groups in total. The Morgan fingerprint density at radius 2 is 2.00 bits per heavy atom. The van der Waals surface area contributed by atoms with Crippen LogP contribution in [0.15, 0.2) is 23.0 Å². The zero-order valence-corrected chi connectivity index (χ0v) is 16.9. The lowest BCUT2D eigenvalue weighted by Gasteiger charge is -2.11. The van der Waals surface area contributed by atoms with Crippen LogP contribution >= 0.6 is 11.3 Å². The summed E-state index contributed by atoms with van der Waals surface area (Å²) in [6, 6.07) is 5.04. The topological polar surface area (TPSA) is 102 Å². The summed E-state index contributed by atoms with van der Waals surface area (Å²) in [5.74, 6) is 0.0896. The van der Waals surface area contributed by atoms with Crippen LogP contribution < -0.4 is 15.0 Å². The maximum Gasteiger partial charge on any atom is 0.341 e. The van der Waals surface area contributed by atoms with Crippen molar-refractivity contribution in [2.75, 3.05) is 13.7 Å². The summed E-state index contributed by atoms with van der Waals surface area (Å²) in [7, 11) is 1.48. The van der Waals surface area contributed by atoms with Gasteiger partial charge in [-0.15, -0.1) is 11.3 Å². The van der Waals surface area contributed by atoms with Crippen molar-refractivity contribution in [1.29, 1.82) is 0 Å². The van der Waals surface area contributed by atoms with Crippen LogP contribution in [0.25, 0.3) is 21.6 Å². The van der Waals surface area contributed by atoms with E-state index in [-0.39, 0.29) is 5.56 Å². The third-order valence-corrected chi connectivity index (χ3v) is 6.30. The van der Waals surface area contributed by atoms with Gasteiger partial charge >= 0.3 is 5.97 Å². The lowest BCUT2D eigenvalue weighted by atomic mass is 9.98. The van der Waals surface area contributed by atoms with E-state index < -0.39 is 12.6 Å². The number of aliphatic carboxylic acids is 1. The highest BCUT2D eigenvalue weighted by molar-refractivity contribution is 7.18. The first-order valence-corrected chi connectivity index (χ1v) is 10.5. The second kappa shape index (κ2) is 8.24. The predicted molar refractivity (Wildman–Crippen MR) is 111 cm³/mol. The molecule has 0 amide bonds. The molecule has 0 bridgehead atoms. The molecule has 0 atom stereocenters. The van der Waals surface area contributed by atoms with Gasteiger partial charge in [-0.1, -0.05) is 12.8 Å². The minimum Gasteiger partial charge on any atom is -0.493 e. The molecule has 1 aromatic carbocycles. The molecule has 0 unspecified atom stereocenters. The van der Waals surface area contributed by atoms with Crippen molar-refractivity contribution in [3.05, 3.63) is 39.0 Å². The summed E-state index contributed by atoms with van der Waals surface area (Å²) >= 11 is 1.62. The number of carboxylic acids is 1. The fourth-order valence-electron chi connectivity index (χ4n) is 3.73. The summed E-state index contributed by atoms with van der Waals surface area (Å²) < 4.78 is 10.6. The van der Waals surface area contributed by atoms with E-state index >= 15 is 0 Å². The smallest absolute Gasteiger partial charge is 0.341 e. The molecule has 0 saturated carbocycles. The van der Waals surface area contributed by atoms with Gasteiger partial charge in [-0.05, 0) is 49.4 Å². The highest BCUT2D eigenvalue weighted by Crippen LogP contribution is 2.35. The molecule has 3 aromatic rings. The number of nitrogens with one attached hydrogen (secondary N) is 1. The second-order valence-corrected chi connectivity index (χ2v) is 8.14. The van der Waals surface area contributed by atoms with Gasteiger partial charge in [-0.25, -0.2) is 9.78 Å². The summed E-state index contributed by atoms with van der Waals surface area (Å²) in [4.78, 5) is 33.3. The highest BCUT2D eigenvalue weighted by Gasteiger charge is 2.19. The molecule has 0 aliphatic heterocycles. The van der Waals surface area contributed by atoms with E-state index in [1.165, 1.54) is 30.4 Å². The first-order valence-electron chi connectivity index (χ1n) is 9.64. The molecule has 0 spiro atoms. The average Bonchev–Trinajstić information content (AvgIpc) is 3.03. The number of methoxy groups -OCH3 is 1. The first-order chi connectivity index (χ1) is 14.1. The molecule has 0 radical (unpaired) electrons. The Morgan fingerprint density at radius 1 is 1.21 bits per heavy atom. The summed E-state index contributed by atoms with van der Waals surface area (Å²) in [6.07, 6.45) is 6.64. The predicted octanol–water partition coefficient (Wildman–Crippen LogP) is 3.78. The second-order valence-electron chi connectivity index (χ2n) is 7.06. The number of H-pyrrole nitrogens is 1. The van der Waals surface area contributed by atoms with Crippen LogP contribution in [0.5, 0.6) is 11.5 Å². The van der Waals surface area contributed by atoms with Gasteiger partial charge in [0.15, 0.2) is 18.1 Å². The van der Waals surface area contributed by atoms with Gasteiger partial charge < -0.3 is 19.6 Å². The Morgan fingerprint density at radius 3 is 2.76 bits per heavy atom. The van der Waals surface area contributed by atoms with Gasteiger partial charge in [0.2, 0.25) is 0 Å². The van der Waals surface area contributed by atoms with Gasteiger partial charge in [0.05, 0.1) is 12.5 Å². The molecule has 0 fully saturated rings. The number of thiophene rings is 1. The van der Waals surface area contributed by atoms with Crippen molar-refractivity contribution in [3.63, 3.8) is 0 Å². The normalized spacial score (nSPS) is 14.1. The number of hydrogen-bond donors (Lipinski definition) is 2. The maximum atomic E-state index is 12.9. The SMILES string of the molecule is COc1cc(-c2nc3sc4c(c3c(=O)[nH]2)CCCCCC4)ccc1OCC(=O)O. The van der Waals surface area contributed by atoms with Gasteiger partial charge in [0.25, 0.3) is 5.56 Å². The van der Waals surface area contributed by atoms with Crippen LogP contribution in [0.1, 0.15) is 36.1 Å². The largest absolute Gasteiger partial charge is 0.493 e. The minimum atomic E-state index is -1.07. The fourth-order valence-corrected chi connectivity index (χ4v) is 4.99. The Labute approximate surface area is 171 Å². The molecule has 7 nitrogen and oxygen atoms in total. The molecule has 2 heterocycles. The van der Waals surface area contributed by atoms with Gasteiger partial charge in [0, 0.05) is 10.4 Å². The Balaban J connectivity index is 1.74. The van der Waals surface area contributed by atoms with Gasteiger partial charge in [-0.3, -0.25) is 4.79 Å². The number of aromatic nitrogens is 2. The summed E-state index contributed by atoms with van der Waals surface area (Å²) in [5, 5.41) is 9.52. The molecule has 8 heteroatoms. The van der Waals surface area contributed by atoms with E-state index in [2.05, 4.69) is 4.98 Å². The van der Waals surface area contributed by atoms with Crippen LogP contribution in [0.2, 0.25) is 0 Å². The average molecular weight is 414 g/mol. The van der Waals surface area contributed by atoms with Crippen molar-refractivity contribution in [1.82, 2.24) is 9.97 Å². The Hall–Kier alpha value is -2.87. The molecular formula is C21H22N2O5S. The molecule has 4 rings (SSSR count). The first kappa shape index (κ1) is 19.4. The number of carboxylic acid groups (broad SMARTS) is 1. The fraction of sp³-hybridized carbons (Fsp3) is 0.381. The van der Waals surface area contributed by atoms with Crippen molar-refractivity contribution < 1.29 is 19.4 Å². The molecular weight excluding hydrogens is 392 g/mol. The minimum absolute atomic E-state index is 0.117. The molecule has 1 aliphatic carbocycles. The number of aromatic amines is 1. The van der Waals surface area contributed by atoms with Crippen molar-refractivity contribution in [3.8, 4) is 22.9 Å². The van der Waals surface area contributed by atoms with Gasteiger partial charge in [0.1, 0.15) is 10.7 Å². The van der Waals surface area contributed by atoms with E-state index in [0.717, 1.165) is 35.9 Å². The molecule has 152 valence electrons. The number of aryl methyl sites for hydroxylation is 2. The van der Waals surface area contributed by atoms with Crippen molar-refractivity contribution >= 4 is 27.5 Å². The quantitative estimate of drug-likeness (QED) is 0.659. The van der Waals surface area contributed by atoms with E-state index in [4.69, 9.17) is 19.6 Å². The Bertz CT molecular complexity index is 1120. The van der Waals surface area contributed by atoms with Gasteiger partial charge in [-0.2, -0.15) is 0 Å². The lowest BCUT2D eigenvalue weighted by Crippen LogP contribution is -2.11. The number of nitrogens with zero attached hydrogens (tertiary/aromatic N) is 1. The highest BCUT2D eigenvalue weighted by atomic mass is 32.1. The van der Waals surface area contributed by atoms with Crippen molar-refractivity contribution in [2.45, 2.75) is 38.5 Å². The van der Waals surface area contributed by atoms with Crippen LogP contribution in [0, 0.1) is 0 Å². The third-order valence-electron chi connectivity index (χ3n) is 5.11. The zero-order valence-electron chi connectivity index (χ0n) is 16.1. The molecule has 29 heavy (non-hydrogen) atoms. The van der Waals surface area contributed by atoms with Crippen LogP contribution in [-0.2, 0) is 17.6 Å². The molecule has 1 aliphatic rings. The van der Waals surface area contributed by atoms with E-state index in [1.54, 1.807) is 29.5 Å². The molecule has 2 aromatic heterocycles. The van der Waals surface area contributed by atoms with E-state index in [9.17, 15) is 9.59 Å². The number of carbonyl (C=O) groups is 1. The van der Waals surface area contributed by atoms with E-state index in [1.807, 2.05) is 0 Å². The lowest BCUT2D eigenvalue weighted by molar-refractivity contribution is -0.139. The molecule has 0 saturated heterocycles. The van der Waals surface area contributed by atoms with Crippen molar-refractivity contribution in [2.24, 2.45) is 0 Å². The van der Waals surface area contributed by atoms with Crippen LogP contribution in [0.3, 0.4) is 0 Å². The monoisotopic (exact) mass is 414 g/mol. The number of rotatable bonds is 5. The number of benzene rings is 1. The standard InChI is InChI=1S/C21H22N2O5S/c1-27-15-10-12(8-9-14(15)28-11-17(24)25)19-22-20(26)18-13-6-4-2-3-5-7-16(13)29-21(18)23-19/h8-10H,2-7,11H2,1H3,(H,24,25)(H,22,23,26). The summed E-state index contributed by atoms with van der Waals surface area (Å²) in [5.41, 5.74) is 1.72. The number of fused-ring (bicyclic) bond motifs is 3. The third kappa shape index (κ3) is 3.98. The van der Waals surface area contributed by atoms with Crippen LogP contribution in [0.4, 0.5) is 0 Å². The number of ether oxygens (including phenoxy) is 2.